The molecule has 0 fully saturated rings. The number of amides is 2. The van der Waals surface area contributed by atoms with E-state index in [4.69, 9.17) is 4.52 Å². The molecule has 0 aliphatic heterocycles. The monoisotopic (exact) mass is 281 g/mol. The normalized spacial score (nSPS) is 10.4. The molecule has 0 bridgehead atoms. The van der Waals surface area contributed by atoms with Gasteiger partial charge in [-0.2, -0.15) is 0 Å². The molecule has 1 aromatic heterocycles. The SMILES string of the molecule is CCCCN(C)C(=O)CCN(C(C)=O)c1cc(C)on1. The molecule has 0 spiro atoms. The zero-order valence-corrected chi connectivity index (χ0v) is 12.7. The number of anilines is 1. The highest BCUT2D eigenvalue weighted by Crippen LogP contribution is 2.14. The van der Waals surface area contributed by atoms with Crippen molar-refractivity contribution in [3.63, 3.8) is 0 Å². The van der Waals surface area contributed by atoms with E-state index in [9.17, 15) is 9.59 Å². The number of nitrogens with zero attached hydrogens (tertiary/aromatic N) is 3. The number of aromatic nitrogens is 1. The Hall–Kier alpha value is -1.85. The van der Waals surface area contributed by atoms with Crippen LogP contribution in [0.5, 0.6) is 0 Å². The summed E-state index contributed by atoms with van der Waals surface area (Å²) in [6.07, 6.45) is 2.32. The van der Waals surface area contributed by atoms with Crippen LogP contribution in [0.15, 0.2) is 10.6 Å². The van der Waals surface area contributed by atoms with Crippen molar-refractivity contribution < 1.29 is 14.1 Å². The summed E-state index contributed by atoms with van der Waals surface area (Å²) in [6.45, 7) is 6.37. The lowest BCUT2D eigenvalue weighted by Crippen LogP contribution is -2.35. The largest absolute Gasteiger partial charge is 0.360 e. The number of carbonyl (C=O) groups is 2. The lowest BCUT2D eigenvalue weighted by molar-refractivity contribution is -0.129. The quantitative estimate of drug-likeness (QED) is 0.766. The average Bonchev–Trinajstić information content (AvgIpc) is 2.81. The predicted molar refractivity (Wildman–Crippen MR) is 76.4 cm³/mol. The summed E-state index contributed by atoms with van der Waals surface area (Å²) in [4.78, 5) is 26.7. The molecule has 20 heavy (non-hydrogen) atoms. The summed E-state index contributed by atoms with van der Waals surface area (Å²) in [6, 6.07) is 1.69. The van der Waals surface area contributed by atoms with Crippen molar-refractivity contribution >= 4 is 17.6 Å². The Bertz CT molecular complexity index is 456. The van der Waals surface area contributed by atoms with E-state index in [0.717, 1.165) is 19.4 Å². The molecule has 1 rings (SSSR count). The fraction of sp³-hybridized carbons (Fsp3) is 0.643. The summed E-state index contributed by atoms with van der Waals surface area (Å²) < 4.78 is 4.96. The van der Waals surface area contributed by atoms with Gasteiger partial charge in [-0.25, -0.2) is 0 Å². The number of unbranched alkanes of at least 4 members (excludes halogenated alkanes) is 1. The minimum absolute atomic E-state index is 0.0323. The molecule has 6 nitrogen and oxygen atoms in total. The summed E-state index contributed by atoms with van der Waals surface area (Å²) >= 11 is 0. The molecule has 0 saturated carbocycles. The van der Waals surface area contributed by atoms with Gasteiger partial charge < -0.3 is 9.42 Å². The second-order valence-electron chi connectivity index (χ2n) is 4.89. The molecule has 0 aliphatic rings. The minimum atomic E-state index is -0.151. The molecule has 1 aromatic rings. The van der Waals surface area contributed by atoms with Gasteiger partial charge in [0.1, 0.15) is 5.76 Å². The second-order valence-corrected chi connectivity index (χ2v) is 4.89. The first-order valence-corrected chi connectivity index (χ1v) is 6.91. The molecular formula is C14H23N3O3. The van der Waals surface area contributed by atoms with Gasteiger partial charge in [-0.3, -0.25) is 14.5 Å². The van der Waals surface area contributed by atoms with Gasteiger partial charge >= 0.3 is 0 Å². The van der Waals surface area contributed by atoms with Crippen LogP contribution in [0.2, 0.25) is 0 Å². The molecule has 0 atom stereocenters. The van der Waals surface area contributed by atoms with Gasteiger partial charge in [0.25, 0.3) is 0 Å². The van der Waals surface area contributed by atoms with Crippen LogP contribution in [0, 0.1) is 6.92 Å². The van der Waals surface area contributed by atoms with E-state index in [1.165, 1.54) is 11.8 Å². The molecule has 0 unspecified atom stereocenters. The fourth-order valence-corrected chi connectivity index (χ4v) is 1.83. The van der Waals surface area contributed by atoms with Crippen LogP contribution in [0.4, 0.5) is 5.82 Å². The topological polar surface area (TPSA) is 66.7 Å². The lowest BCUT2D eigenvalue weighted by Gasteiger charge is -2.20. The molecule has 2 amide bonds. The van der Waals surface area contributed by atoms with Crippen molar-refractivity contribution in [2.75, 3.05) is 25.0 Å². The Morgan fingerprint density at radius 2 is 2.05 bits per heavy atom. The molecule has 0 saturated heterocycles. The first-order chi connectivity index (χ1) is 9.45. The molecule has 1 heterocycles. The third kappa shape index (κ3) is 4.68. The highest BCUT2D eigenvalue weighted by Gasteiger charge is 2.18. The first kappa shape index (κ1) is 16.2. The molecular weight excluding hydrogens is 258 g/mol. The van der Waals surface area contributed by atoms with Gasteiger partial charge in [-0.1, -0.05) is 18.5 Å². The van der Waals surface area contributed by atoms with E-state index in [1.54, 1.807) is 24.9 Å². The van der Waals surface area contributed by atoms with Crippen molar-refractivity contribution in [2.45, 2.75) is 40.0 Å². The van der Waals surface area contributed by atoms with Crippen LogP contribution in [0.25, 0.3) is 0 Å². The maximum atomic E-state index is 12.0. The Morgan fingerprint density at radius 3 is 2.55 bits per heavy atom. The highest BCUT2D eigenvalue weighted by atomic mass is 16.5. The number of carbonyl (C=O) groups excluding carboxylic acids is 2. The van der Waals surface area contributed by atoms with Crippen LogP contribution < -0.4 is 4.90 Å². The molecule has 0 radical (unpaired) electrons. The molecule has 0 aliphatic carbocycles. The van der Waals surface area contributed by atoms with Crippen molar-refractivity contribution in [1.29, 1.82) is 0 Å². The van der Waals surface area contributed by atoms with Crippen molar-refractivity contribution in [1.82, 2.24) is 10.1 Å². The summed E-state index contributed by atoms with van der Waals surface area (Å²) in [5.41, 5.74) is 0. The third-order valence-corrected chi connectivity index (χ3v) is 3.09. The third-order valence-electron chi connectivity index (χ3n) is 3.09. The summed E-state index contributed by atoms with van der Waals surface area (Å²) in [5, 5.41) is 3.81. The Kier molecular flexibility index (Phi) is 6.21. The van der Waals surface area contributed by atoms with E-state index in [2.05, 4.69) is 12.1 Å². The van der Waals surface area contributed by atoms with Gasteiger partial charge in [-0.15, -0.1) is 0 Å². The fourth-order valence-electron chi connectivity index (χ4n) is 1.83. The van der Waals surface area contributed by atoms with Gasteiger partial charge in [0, 0.05) is 39.5 Å². The number of rotatable bonds is 7. The maximum Gasteiger partial charge on any atom is 0.225 e. The van der Waals surface area contributed by atoms with E-state index < -0.39 is 0 Å². The number of hydrogen-bond donors (Lipinski definition) is 0. The van der Waals surface area contributed by atoms with Crippen molar-refractivity contribution in [3.8, 4) is 0 Å². The van der Waals surface area contributed by atoms with Crippen LogP contribution in [0.1, 0.15) is 38.9 Å². The standard InChI is InChI=1S/C14H23N3O3/c1-5-6-8-16(4)14(19)7-9-17(12(3)18)13-10-11(2)20-15-13/h10H,5-9H2,1-4H3. The van der Waals surface area contributed by atoms with Crippen LogP contribution in [-0.2, 0) is 9.59 Å². The minimum Gasteiger partial charge on any atom is -0.360 e. The van der Waals surface area contributed by atoms with E-state index >= 15 is 0 Å². The van der Waals surface area contributed by atoms with Gasteiger partial charge in [0.15, 0.2) is 5.82 Å². The van der Waals surface area contributed by atoms with Crippen LogP contribution in [-0.4, -0.2) is 42.0 Å². The van der Waals surface area contributed by atoms with Crippen LogP contribution in [0.3, 0.4) is 0 Å². The summed E-state index contributed by atoms with van der Waals surface area (Å²) in [7, 11) is 1.79. The first-order valence-electron chi connectivity index (χ1n) is 6.91. The maximum absolute atomic E-state index is 12.0. The lowest BCUT2D eigenvalue weighted by atomic mass is 10.3. The second kappa shape index (κ2) is 7.67. The Labute approximate surface area is 119 Å². The zero-order valence-electron chi connectivity index (χ0n) is 12.7. The smallest absolute Gasteiger partial charge is 0.225 e. The molecule has 0 aromatic carbocycles. The summed E-state index contributed by atoms with van der Waals surface area (Å²) in [5.74, 6) is 0.976. The molecule has 0 N–H and O–H groups in total. The molecule has 112 valence electrons. The van der Waals surface area contributed by atoms with E-state index in [-0.39, 0.29) is 18.2 Å². The van der Waals surface area contributed by atoms with E-state index in [0.29, 0.717) is 18.1 Å². The Morgan fingerprint density at radius 1 is 1.35 bits per heavy atom. The number of aryl methyl sites for hydroxylation is 1. The predicted octanol–water partition coefficient (Wildman–Crippen LogP) is 1.98. The van der Waals surface area contributed by atoms with Gasteiger partial charge in [0.2, 0.25) is 11.8 Å². The molecule has 6 heteroatoms. The van der Waals surface area contributed by atoms with Crippen molar-refractivity contribution in [2.24, 2.45) is 0 Å². The average molecular weight is 281 g/mol. The van der Waals surface area contributed by atoms with Gasteiger partial charge in [-0.05, 0) is 13.3 Å². The highest BCUT2D eigenvalue weighted by molar-refractivity contribution is 5.91. The van der Waals surface area contributed by atoms with Crippen molar-refractivity contribution in [3.05, 3.63) is 11.8 Å². The number of hydrogen-bond acceptors (Lipinski definition) is 4. The Balaban J connectivity index is 2.56. The van der Waals surface area contributed by atoms with Gasteiger partial charge in [0.05, 0.1) is 0 Å². The van der Waals surface area contributed by atoms with E-state index in [1.807, 2.05) is 0 Å². The zero-order chi connectivity index (χ0) is 15.1. The van der Waals surface area contributed by atoms with Crippen LogP contribution >= 0.6 is 0 Å².